The first-order valence-electron chi connectivity index (χ1n) is 11.3. The number of aromatic nitrogens is 4. The number of ether oxygens (including phenoxy) is 1. The van der Waals surface area contributed by atoms with Crippen molar-refractivity contribution in [3.05, 3.63) is 133 Å². The van der Waals surface area contributed by atoms with Crippen molar-refractivity contribution in [2.75, 3.05) is 7.11 Å². The van der Waals surface area contributed by atoms with Crippen molar-refractivity contribution in [3.8, 4) is 11.4 Å². The predicted molar refractivity (Wildman–Crippen MR) is 145 cm³/mol. The van der Waals surface area contributed by atoms with Crippen LogP contribution in [0.2, 0.25) is 0 Å². The molecule has 1 aromatic heterocycles. The molecule has 178 valence electrons. The third-order valence-electron chi connectivity index (χ3n) is 5.48. The van der Waals surface area contributed by atoms with Crippen molar-refractivity contribution in [2.24, 2.45) is 0 Å². The summed E-state index contributed by atoms with van der Waals surface area (Å²) >= 11 is 0. The van der Waals surface area contributed by atoms with Gasteiger partial charge in [-0.1, -0.05) is 84.9 Å². The summed E-state index contributed by atoms with van der Waals surface area (Å²) in [6.45, 7) is 0. The third-order valence-corrected chi connectivity index (χ3v) is 9.41. The van der Waals surface area contributed by atoms with E-state index in [0.29, 0.717) is 5.82 Å². The third kappa shape index (κ3) is 5.80. The Morgan fingerprint density at radius 2 is 1.17 bits per heavy atom. The lowest BCUT2D eigenvalue weighted by Crippen LogP contribution is -2.29. The first kappa shape index (κ1) is 24.7. The summed E-state index contributed by atoms with van der Waals surface area (Å²) in [6.07, 6.45) is 1.56. The molecule has 0 aliphatic rings. The van der Waals surface area contributed by atoms with Crippen molar-refractivity contribution < 1.29 is 9.53 Å². The average Bonchev–Trinajstić information content (AvgIpc) is 3.51. The van der Waals surface area contributed by atoms with Gasteiger partial charge in [0.25, 0.3) is 0 Å². The molecule has 0 radical (unpaired) electrons. The maximum atomic E-state index is 11.9. The van der Waals surface area contributed by atoms with Crippen LogP contribution in [0.3, 0.4) is 0 Å². The lowest BCUT2D eigenvalue weighted by Gasteiger charge is -2.23. The van der Waals surface area contributed by atoms with E-state index in [1.54, 1.807) is 6.08 Å². The molecule has 0 amide bonds. The number of tetrazole rings is 1. The maximum Gasteiger partial charge on any atom is 0.333 e. The summed E-state index contributed by atoms with van der Waals surface area (Å²) in [7, 11) is -0.699. The van der Waals surface area contributed by atoms with Gasteiger partial charge >= 0.3 is 5.97 Å². The first-order chi connectivity index (χ1) is 17.7. The molecule has 6 nitrogen and oxygen atoms in total. The first-order valence-corrected chi connectivity index (χ1v) is 13.2. The average molecular weight is 493 g/mol. The molecule has 0 N–H and O–H groups in total. The van der Waals surface area contributed by atoms with E-state index < -0.39 is 7.26 Å². The minimum atomic E-state index is -2.10. The quantitative estimate of drug-likeness (QED) is 0.201. The molecule has 0 aliphatic carbocycles. The summed E-state index contributed by atoms with van der Waals surface area (Å²) in [6, 6.07) is 40.7. The highest BCUT2D eigenvalue weighted by atomic mass is 31.2. The van der Waals surface area contributed by atoms with Gasteiger partial charge in [0, 0.05) is 5.82 Å². The van der Waals surface area contributed by atoms with Crippen LogP contribution in [-0.4, -0.2) is 28.6 Å². The highest BCUT2D eigenvalue weighted by Crippen LogP contribution is 2.56. The fraction of sp³-hybridized carbons (Fsp3) is 0.0345. The Morgan fingerprint density at radius 3 is 1.56 bits per heavy atom. The largest absolute Gasteiger partial charge is 0.466 e. The highest BCUT2D eigenvalue weighted by molar-refractivity contribution is 7.98. The summed E-state index contributed by atoms with van der Waals surface area (Å²) in [5, 5.41) is 17.8. The number of carbonyl (C=O) groups is 1. The highest BCUT2D eigenvalue weighted by Gasteiger charge is 2.43. The molecule has 5 aromatic rings. The molecule has 0 fully saturated rings. The van der Waals surface area contributed by atoms with E-state index in [1.165, 1.54) is 23.0 Å². The molecule has 0 aliphatic heterocycles. The molecular formula is C29H25N4O2P. The number of esters is 1. The number of hydrogen-bond donors (Lipinski definition) is 0. The van der Waals surface area contributed by atoms with Gasteiger partial charge in [-0.05, 0) is 42.0 Å². The zero-order valence-corrected chi connectivity index (χ0v) is 20.6. The molecule has 0 unspecified atom stereocenters. The zero-order valence-electron chi connectivity index (χ0n) is 19.8. The van der Waals surface area contributed by atoms with Crippen molar-refractivity contribution in [1.29, 1.82) is 0 Å². The van der Waals surface area contributed by atoms with Crippen LogP contribution in [0, 0.1) is 0 Å². The van der Waals surface area contributed by atoms with Crippen LogP contribution >= 0.6 is 7.26 Å². The lowest BCUT2D eigenvalue weighted by atomic mass is 10.2. The van der Waals surface area contributed by atoms with E-state index in [9.17, 15) is 4.79 Å². The molecule has 5 rings (SSSR count). The Bertz CT molecular complexity index is 1270. The second-order valence-electron chi connectivity index (χ2n) is 7.64. The summed E-state index contributed by atoms with van der Waals surface area (Å²) < 4.78 is 4.85. The molecule has 7 heteroatoms. The van der Waals surface area contributed by atoms with Gasteiger partial charge in [-0.15, -0.1) is 0 Å². The Labute approximate surface area is 211 Å². The van der Waals surface area contributed by atoms with Crippen LogP contribution in [0.1, 0.15) is 0 Å². The lowest BCUT2D eigenvalue weighted by molar-refractivity contribution is -0.134. The van der Waals surface area contributed by atoms with Gasteiger partial charge in [0.05, 0.1) is 19.0 Å². The Morgan fingerprint density at radius 1 is 0.722 bits per heavy atom. The normalized spacial score (nSPS) is 10.9. The fourth-order valence-electron chi connectivity index (χ4n) is 3.78. The SMILES string of the molecule is COC(=O)/C=C\[P+](c1ccccc1)(c1ccccc1)c1ccccc1.c1ccc(-c2nnn[n-]2)cc1. The molecular weight excluding hydrogens is 467 g/mol. The maximum absolute atomic E-state index is 11.9. The topological polar surface area (TPSA) is 79.1 Å². The van der Waals surface area contributed by atoms with Crippen LogP contribution in [0.25, 0.3) is 11.4 Å². The van der Waals surface area contributed by atoms with Gasteiger partial charge in [0.15, 0.2) is 0 Å². The predicted octanol–water partition coefficient (Wildman–Crippen LogP) is 4.16. The second kappa shape index (κ2) is 12.3. The second-order valence-corrected chi connectivity index (χ2v) is 10.9. The van der Waals surface area contributed by atoms with Crippen LogP contribution in [-0.2, 0) is 9.53 Å². The van der Waals surface area contributed by atoms with E-state index in [4.69, 9.17) is 4.74 Å². The Kier molecular flexibility index (Phi) is 8.47. The zero-order chi connectivity index (χ0) is 25.1. The van der Waals surface area contributed by atoms with E-state index in [1.807, 2.05) is 90.7 Å². The van der Waals surface area contributed by atoms with Gasteiger partial charge in [-0.3, -0.25) is 10.3 Å². The van der Waals surface area contributed by atoms with Crippen LogP contribution < -0.4 is 21.0 Å². The van der Waals surface area contributed by atoms with Crippen molar-refractivity contribution in [2.45, 2.75) is 0 Å². The van der Waals surface area contributed by atoms with Crippen LogP contribution in [0.4, 0.5) is 0 Å². The van der Waals surface area contributed by atoms with Gasteiger partial charge in [0.1, 0.15) is 23.2 Å². The smallest absolute Gasteiger partial charge is 0.333 e. The number of carbonyl (C=O) groups excluding carboxylic acids is 1. The molecule has 0 bridgehead atoms. The number of nitrogens with zero attached hydrogens (tertiary/aromatic N) is 4. The number of benzene rings is 4. The molecule has 36 heavy (non-hydrogen) atoms. The van der Waals surface area contributed by atoms with E-state index in [0.717, 1.165) is 5.56 Å². The van der Waals surface area contributed by atoms with Crippen LogP contribution in [0.15, 0.2) is 133 Å². The van der Waals surface area contributed by atoms with E-state index >= 15 is 0 Å². The molecule has 0 saturated carbocycles. The molecule has 1 heterocycles. The molecule has 4 aromatic carbocycles. The summed E-state index contributed by atoms with van der Waals surface area (Å²) in [4.78, 5) is 11.9. The van der Waals surface area contributed by atoms with Crippen molar-refractivity contribution >= 4 is 29.1 Å². The fourth-order valence-corrected chi connectivity index (χ4v) is 7.47. The number of rotatable bonds is 6. The van der Waals surface area contributed by atoms with Crippen molar-refractivity contribution in [3.63, 3.8) is 0 Å². The van der Waals surface area contributed by atoms with E-state index in [-0.39, 0.29) is 5.97 Å². The van der Waals surface area contributed by atoms with Crippen LogP contribution in [0.5, 0.6) is 0 Å². The van der Waals surface area contributed by atoms with Gasteiger partial charge in [-0.2, -0.15) is 5.21 Å². The molecule has 0 atom stereocenters. The van der Waals surface area contributed by atoms with Gasteiger partial charge < -0.3 is 9.84 Å². The molecule has 0 saturated heterocycles. The van der Waals surface area contributed by atoms with Gasteiger partial charge in [0.2, 0.25) is 0 Å². The Hall–Kier alpha value is -4.41. The summed E-state index contributed by atoms with van der Waals surface area (Å²) in [5.74, 6) is 2.27. The monoisotopic (exact) mass is 492 g/mol. The summed E-state index contributed by atoms with van der Waals surface area (Å²) in [5.41, 5.74) is 0.942. The minimum absolute atomic E-state index is 0.341. The van der Waals surface area contributed by atoms with Crippen molar-refractivity contribution in [1.82, 2.24) is 20.6 Å². The number of hydrogen-bond acceptors (Lipinski definition) is 5. The Balaban J connectivity index is 0.000000229. The van der Waals surface area contributed by atoms with Gasteiger partial charge in [-0.25, -0.2) is 4.79 Å². The minimum Gasteiger partial charge on any atom is -0.466 e. The standard InChI is InChI=1S/C22H20O2P.C7H5N4/c1-24-22(23)17-18-25(19-11-5-2-6-12-19,20-13-7-3-8-14-20)21-15-9-4-10-16-21;1-2-4-6(5-3-1)7-8-10-11-9-7/h2-18H,1H3;1-5H/q+1;-1/b18-17-;. The van der Waals surface area contributed by atoms with E-state index in [2.05, 4.69) is 57.0 Å². The molecule has 0 spiro atoms. The number of methoxy groups -OCH3 is 1.